The number of rotatable bonds is 7. The molecule has 2 heterocycles. The number of halogens is 2. The van der Waals surface area contributed by atoms with Gasteiger partial charge in [-0.2, -0.15) is 9.61 Å². The van der Waals surface area contributed by atoms with Crippen molar-refractivity contribution in [2.45, 2.75) is 31.6 Å². The average Bonchev–Trinajstić information content (AvgIpc) is 3.68. The van der Waals surface area contributed by atoms with Crippen molar-refractivity contribution in [1.29, 1.82) is 0 Å². The van der Waals surface area contributed by atoms with E-state index in [0.717, 1.165) is 46.9 Å². The molecule has 37 heavy (non-hydrogen) atoms. The molecule has 6 rings (SSSR count). The van der Waals surface area contributed by atoms with Crippen molar-refractivity contribution < 1.29 is 13.6 Å². The van der Waals surface area contributed by atoms with Gasteiger partial charge in [-0.05, 0) is 49.6 Å². The van der Waals surface area contributed by atoms with E-state index in [1.807, 2.05) is 47.0 Å². The Bertz CT molecular complexity index is 1540. The first-order valence-electron chi connectivity index (χ1n) is 12.4. The maximum atomic E-state index is 13.9. The molecule has 0 atom stereocenters. The van der Waals surface area contributed by atoms with Crippen molar-refractivity contribution in [2.24, 2.45) is 0 Å². The van der Waals surface area contributed by atoms with Gasteiger partial charge in [-0.25, -0.2) is 13.8 Å². The Morgan fingerprint density at radius 2 is 1.81 bits per heavy atom. The van der Waals surface area contributed by atoms with Gasteiger partial charge in [0.15, 0.2) is 5.65 Å². The van der Waals surface area contributed by atoms with Crippen LogP contribution in [-0.4, -0.2) is 27.0 Å². The molecule has 8 heteroatoms. The summed E-state index contributed by atoms with van der Waals surface area (Å²) in [6.45, 7) is -0.188. The highest BCUT2D eigenvalue weighted by Crippen LogP contribution is 2.40. The second-order valence-electron chi connectivity index (χ2n) is 9.37. The van der Waals surface area contributed by atoms with E-state index in [9.17, 15) is 13.6 Å². The van der Waals surface area contributed by atoms with Crippen LogP contribution in [0.1, 0.15) is 47.7 Å². The number of benzene rings is 2. The van der Waals surface area contributed by atoms with Crippen LogP contribution in [-0.2, 0) is 0 Å². The third kappa shape index (κ3) is 4.87. The predicted molar refractivity (Wildman–Crippen MR) is 139 cm³/mol. The molecule has 0 saturated heterocycles. The van der Waals surface area contributed by atoms with E-state index in [4.69, 9.17) is 10.1 Å². The van der Waals surface area contributed by atoms with Crippen molar-refractivity contribution in [3.63, 3.8) is 0 Å². The summed E-state index contributed by atoms with van der Waals surface area (Å²) in [5, 5.41) is 10.8. The average molecular weight is 498 g/mol. The fourth-order valence-electron chi connectivity index (χ4n) is 4.45. The van der Waals surface area contributed by atoms with Crippen LogP contribution in [0.3, 0.4) is 0 Å². The first-order valence-corrected chi connectivity index (χ1v) is 12.4. The van der Waals surface area contributed by atoms with Crippen molar-refractivity contribution in [2.75, 3.05) is 11.9 Å². The number of nitrogens with zero attached hydrogens (tertiary/aromatic N) is 3. The van der Waals surface area contributed by atoms with Crippen molar-refractivity contribution in [3.8, 4) is 11.3 Å². The highest BCUT2D eigenvalue weighted by atomic mass is 19.1. The lowest BCUT2D eigenvalue weighted by Crippen LogP contribution is -2.26. The van der Waals surface area contributed by atoms with Crippen molar-refractivity contribution in [1.82, 2.24) is 19.9 Å². The Kier molecular flexibility index (Phi) is 6.00. The van der Waals surface area contributed by atoms with E-state index in [2.05, 4.69) is 10.6 Å². The van der Waals surface area contributed by atoms with Crippen LogP contribution >= 0.6 is 0 Å². The van der Waals surface area contributed by atoms with E-state index in [1.54, 1.807) is 24.3 Å². The van der Waals surface area contributed by atoms with Crippen LogP contribution in [0.5, 0.6) is 0 Å². The summed E-state index contributed by atoms with van der Waals surface area (Å²) < 4.78 is 29.7. The maximum Gasteiger partial charge on any atom is 0.251 e. The fraction of sp³-hybridized carbons (Fsp3) is 0.207. The number of carbonyl (C=O) groups is 1. The normalized spacial score (nSPS) is 15.6. The summed E-state index contributed by atoms with van der Waals surface area (Å²) in [6.07, 6.45) is 4.13. The van der Waals surface area contributed by atoms with E-state index in [-0.39, 0.29) is 18.5 Å². The molecule has 2 aromatic carbocycles. The van der Waals surface area contributed by atoms with Gasteiger partial charge in [0.1, 0.15) is 17.5 Å². The number of anilines is 2. The second kappa shape index (κ2) is 9.61. The molecule has 0 spiro atoms. The van der Waals surface area contributed by atoms with Crippen LogP contribution in [0.25, 0.3) is 16.9 Å². The molecule has 6 nitrogen and oxygen atoms in total. The van der Waals surface area contributed by atoms with Crippen LogP contribution in [0, 0.1) is 0 Å². The largest absolute Gasteiger partial charge is 0.348 e. The van der Waals surface area contributed by atoms with Gasteiger partial charge in [0.2, 0.25) is 0 Å². The number of amides is 1. The molecule has 2 N–H and O–H groups in total. The number of aromatic nitrogens is 3. The zero-order chi connectivity index (χ0) is 25.4. The van der Waals surface area contributed by atoms with Gasteiger partial charge in [-0.15, -0.1) is 0 Å². The Labute approximate surface area is 212 Å². The molecule has 2 aliphatic rings. The molecule has 0 radical (unpaired) electrons. The molecule has 4 aromatic rings. The third-order valence-corrected chi connectivity index (χ3v) is 6.66. The van der Waals surface area contributed by atoms with Crippen LogP contribution in [0.4, 0.5) is 20.3 Å². The molecular formula is C29H25F2N5O. The summed E-state index contributed by atoms with van der Waals surface area (Å²) in [7, 11) is 0. The van der Waals surface area contributed by atoms with E-state index in [1.165, 1.54) is 6.08 Å². The van der Waals surface area contributed by atoms with Crippen LogP contribution in [0.15, 0.2) is 90.0 Å². The Morgan fingerprint density at radius 3 is 2.54 bits per heavy atom. The summed E-state index contributed by atoms with van der Waals surface area (Å²) in [6, 6.07) is 20.9. The Morgan fingerprint density at radius 1 is 1.03 bits per heavy atom. The smallest absolute Gasteiger partial charge is 0.251 e. The van der Waals surface area contributed by atoms with E-state index < -0.39 is 17.6 Å². The summed E-state index contributed by atoms with van der Waals surface area (Å²) in [4.78, 5) is 17.4. The summed E-state index contributed by atoms with van der Waals surface area (Å²) in [5.41, 5.74) is 4.73. The van der Waals surface area contributed by atoms with E-state index >= 15 is 0 Å². The molecule has 1 saturated carbocycles. The molecule has 2 aliphatic carbocycles. The molecule has 1 amide bonds. The molecular weight excluding hydrogens is 472 g/mol. The zero-order valence-corrected chi connectivity index (χ0v) is 20.0. The third-order valence-electron chi connectivity index (χ3n) is 6.66. The number of nitrogens with one attached hydrogen (secondary N) is 2. The van der Waals surface area contributed by atoms with E-state index in [0.29, 0.717) is 17.9 Å². The standard InChI is InChI=1S/C29H25F2N5O/c30-23-7-4-8-24(31)22(23)17-32-29(37)20-11-13-21(14-12-20)33-27-15-25(18-5-2-1-3-6-18)34-28-16-26(19-9-10-19)35-36(27)28/h1-3,5-7,11-16,19,33H,4,8-10,17H2,(H,32,37). The van der Waals surface area contributed by atoms with Gasteiger partial charge in [0, 0.05) is 53.4 Å². The number of hydrogen-bond donors (Lipinski definition) is 2. The van der Waals surface area contributed by atoms with Crippen molar-refractivity contribution >= 4 is 23.1 Å². The second-order valence-corrected chi connectivity index (χ2v) is 9.37. The molecule has 0 unspecified atom stereocenters. The Balaban J connectivity index is 1.23. The molecule has 0 aliphatic heterocycles. The van der Waals surface area contributed by atoms with Gasteiger partial charge in [-0.1, -0.05) is 30.3 Å². The minimum atomic E-state index is -0.606. The van der Waals surface area contributed by atoms with Crippen LogP contribution < -0.4 is 10.6 Å². The van der Waals surface area contributed by atoms with Gasteiger partial charge in [-0.3, -0.25) is 4.79 Å². The zero-order valence-electron chi connectivity index (χ0n) is 20.0. The minimum Gasteiger partial charge on any atom is -0.348 e. The molecule has 2 aromatic heterocycles. The number of allylic oxidation sites excluding steroid dienone is 2. The number of carbonyl (C=O) groups excluding carboxylic acids is 1. The quantitative estimate of drug-likeness (QED) is 0.301. The van der Waals surface area contributed by atoms with Gasteiger partial charge < -0.3 is 10.6 Å². The van der Waals surface area contributed by atoms with Crippen LogP contribution in [0.2, 0.25) is 0 Å². The Hall–Kier alpha value is -4.33. The lowest BCUT2D eigenvalue weighted by Gasteiger charge is -2.13. The molecule has 186 valence electrons. The predicted octanol–water partition coefficient (Wildman–Crippen LogP) is 6.62. The first-order chi connectivity index (χ1) is 18.0. The SMILES string of the molecule is O=C(NCC1=C(F)CCC=C1F)c1ccc(Nc2cc(-c3ccccc3)nc3cc(C4CC4)nn23)cc1. The number of hydrogen-bond acceptors (Lipinski definition) is 4. The highest BCUT2D eigenvalue weighted by Gasteiger charge is 2.27. The number of fused-ring (bicyclic) bond motifs is 1. The fourth-order valence-corrected chi connectivity index (χ4v) is 4.45. The lowest BCUT2D eigenvalue weighted by atomic mass is 10.0. The lowest BCUT2D eigenvalue weighted by molar-refractivity contribution is 0.0957. The van der Waals surface area contributed by atoms with Crippen molar-refractivity contribution in [3.05, 3.63) is 101 Å². The van der Waals surface area contributed by atoms with Gasteiger partial charge in [0.05, 0.1) is 11.4 Å². The monoisotopic (exact) mass is 497 g/mol. The summed E-state index contributed by atoms with van der Waals surface area (Å²) >= 11 is 0. The topological polar surface area (TPSA) is 71.3 Å². The molecule has 1 fully saturated rings. The first kappa shape index (κ1) is 23.1. The molecule has 0 bridgehead atoms. The summed E-state index contributed by atoms with van der Waals surface area (Å²) in [5.74, 6) is -0.263. The highest BCUT2D eigenvalue weighted by molar-refractivity contribution is 5.94. The minimum absolute atomic E-state index is 0.0846. The van der Waals surface area contributed by atoms with Gasteiger partial charge in [0.25, 0.3) is 5.91 Å². The van der Waals surface area contributed by atoms with Gasteiger partial charge >= 0.3 is 0 Å². The maximum absolute atomic E-state index is 13.9.